The summed E-state index contributed by atoms with van der Waals surface area (Å²) in [5, 5.41) is 1.36. The molecule has 4 nitrogen and oxygen atoms in total. The average Bonchev–Trinajstić information content (AvgIpc) is 2.49. The van der Waals surface area contributed by atoms with Crippen molar-refractivity contribution in [2.45, 2.75) is 37.8 Å². The van der Waals surface area contributed by atoms with Gasteiger partial charge in [-0.15, -0.1) is 0 Å². The van der Waals surface area contributed by atoms with Crippen molar-refractivity contribution in [1.29, 1.82) is 0 Å². The van der Waals surface area contributed by atoms with Gasteiger partial charge in [-0.05, 0) is 37.1 Å². The van der Waals surface area contributed by atoms with Gasteiger partial charge in [0.2, 0.25) is 0 Å². The summed E-state index contributed by atoms with van der Waals surface area (Å²) in [6, 6.07) is 5.43. The highest BCUT2D eigenvalue weighted by molar-refractivity contribution is 6.33. The van der Waals surface area contributed by atoms with Gasteiger partial charge in [0.1, 0.15) is 0 Å². The van der Waals surface area contributed by atoms with Gasteiger partial charge in [0.15, 0.2) is 0 Å². The summed E-state index contributed by atoms with van der Waals surface area (Å²) in [6.07, 6.45) is 2.29. The number of benzene rings is 1. The van der Waals surface area contributed by atoms with E-state index in [4.69, 9.17) is 38.5 Å². The molecule has 1 aliphatic rings. The van der Waals surface area contributed by atoms with Crippen LogP contribution < -0.4 is 11.3 Å². The lowest BCUT2D eigenvalue weighted by atomic mass is 9.83. The predicted molar refractivity (Wildman–Crippen MR) is 85.7 cm³/mol. The highest BCUT2D eigenvalue weighted by atomic mass is 35.5. The number of halogens is 2. The number of hydrazine groups is 1. The first-order valence-electron chi connectivity index (χ1n) is 7.23. The minimum atomic E-state index is -0.326. The van der Waals surface area contributed by atoms with Gasteiger partial charge in [0.25, 0.3) is 0 Å². The van der Waals surface area contributed by atoms with Crippen molar-refractivity contribution in [2.75, 3.05) is 19.8 Å². The number of rotatable bonds is 6. The molecule has 118 valence electrons. The van der Waals surface area contributed by atoms with E-state index in [9.17, 15) is 0 Å². The molecule has 0 amide bonds. The first-order valence-corrected chi connectivity index (χ1v) is 7.98. The van der Waals surface area contributed by atoms with Gasteiger partial charge in [-0.1, -0.05) is 23.2 Å². The Bertz CT molecular complexity index is 459. The van der Waals surface area contributed by atoms with Crippen LogP contribution in [0.4, 0.5) is 0 Å². The molecule has 1 aromatic rings. The normalized spacial score (nSPS) is 19.4. The fraction of sp³-hybridized carbons (Fsp3) is 0.600. The number of ether oxygens (including phenoxy) is 2. The smallest absolute Gasteiger partial charge is 0.0895 e. The van der Waals surface area contributed by atoms with Crippen LogP contribution >= 0.6 is 23.2 Å². The molecule has 3 N–H and O–H groups in total. The second-order valence-electron chi connectivity index (χ2n) is 5.27. The zero-order chi connectivity index (χ0) is 15.3. The number of hydrogen-bond acceptors (Lipinski definition) is 4. The molecular formula is C15H22Cl2N2O2. The maximum atomic E-state index is 6.27. The second-order valence-corrected chi connectivity index (χ2v) is 6.11. The standard InChI is InChI=1S/C15H22Cl2N2O2/c1-2-21-15(5-7-20-8-6-15)14(19-18)10-11-9-12(16)3-4-13(11)17/h3-4,9,14,19H,2,5-8,10,18H2,1H3. The average molecular weight is 333 g/mol. The van der Waals surface area contributed by atoms with Crippen molar-refractivity contribution in [1.82, 2.24) is 5.43 Å². The molecule has 2 rings (SSSR count). The van der Waals surface area contributed by atoms with E-state index in [1.807, 2.05) is 19.1 Å². The van der Waals surface area contributed by atoms with Gasteiger partial charge in [0, 0.05) is 42.7 Å². The molecule has 0 saturated carbocycles. The number of nitrogens with one attached hydrogen (secondary N) is 1. The lowest BCUT2D eigenvalue weighted by molar-refractivity contribution is -0.126. The molecule has 1 aromatic carbocycles. The minimum Gasteiger partial charge on any atom is -0.381 e. The van der Waals surface area contributed by atoms with Crippen molar-refractivity contribution in [2.24, 2.45) is 5.84 Å². The zero-order valence-electron chi connectivity index (χ0n) is 12.2. The van der Waals surface area contributed by atoms with E-state index < -0.39 is 0 Å². The summed E-state index contributed by atoms with van der Waals surface area (Å²) in [7, 11) is 0. The van der Waals surface area contributed by atoms with E-state index in [-0.39, 0.29) is 11.6 Å². The Balaban J connectivity index is 2.22. The largest absolute Gasteiger partial charge is 0.381 e. The Morgan fingerprint density at radius 3 is 2.71 bits per heavy atom. The van der Waals surface area contributed by atoms with Crippen LogP contribution in [0.25, 0.3) is 0 Å². The first kappa shape index (κ1) is 17.0. The van der Waals surface area contributed by atoms with Gasteiger partial charge in [-0.3, -0.25) is 11.3 Å². The summed E-state index contributed by atoms with van der Waals surface area (Å²) in [6.45, 7) is 4.00. The van der Waals surface area contributed by atoms with Crippen LogP contribution in [0.3, 0.4) is 0 Å². The molecule has 0 aliphatic carbocycles. The van der Waals surface area contributed by atoms with Crippen LogP contribution in [0, 0.1) is 0 Å². The lowest BCUT2D eigenvalue weighted by Crippen LogP contribution is -2.58. The molecule has 21 heavy (non-hydrogen) atoms. The lowest BCUT2D eigenvalue weighted by Gasteiger charge is -2.43. The van der Waals surface area contributed by atoms with Crippen LogP contribution in [0.1, 0.15) is 25.3 Å². The summed E-state index contributed by atoms with van der Waals surface area (Å²) in [5.41, 5.74) is 3.55. The summed E-state index contributed by atoms with van der Waals surface area (Å²) in [4.78, 5) is 0. The molecule has 1 unspecified atom stereocenters. The number of hydrogen-bond donors (Lipinski definition) is 2. The van der Waals surface area contributed by atoms with Gasteiger partial charge in [0.05, 0.1) is 11.6 Å². The number of nitrogens with two attached hydrogens (primary N) is 1. The molecule has 6 heteroatoms. The topological polar surface area (TPSA) is 56.5 Å². The molecule has 0 aromatic heterocycles. The van der Waals surface area contributed by atoms with Gasteiger partial charge in [-0.25, -0.2) is 0 Å². The maximum absolute atomic E-state index is 6.27. The van der Waals surface area contributed by atoms with Crippen molar-refractivity contribution >= 4 is 23.2 Å². The minimum absolute atomic E-state index is 0.0442. The summed E-state index contributed by atoms with van der Waals surface area (Å²) in [5.74, 6) is 5.81. The third kappa shape index (κ3) is 4.09. The third-order valence-electron chi connectivity index (χ3n) is 4.04. The van der Waals surface area contributed by atoms with E-state index in [1.54, 1.807) is 6.07 Å². The third-order valence-corrected chi connectivity index (χ3v) is 4.64. The maximum Gasteiger partial charge on any atom is 0.0895 e. The predicted octanol–water partition coefficient (Wildman–Crippen LogP) is 2.95. The van der Waals surface area contributed by atoms with Crippen molar-refractivity contribution in [3.05, 3.63) is 33.8 Å². The van der Waals surface area contributed by atoms with E-state index in [0.29, 0.717) is 36.3 Å². The summed E-state index contributed by atoms with van der Waals surface area (Å²) < 4.78 is 11.5. The fourth-order valence-corrected chi connectivity index (χ4v) is 3.30. The van der Waals surface area contributed by atoms with E-state index >= 15 is 0 Å². The van der Waals surface area contributed by atoms with Crippen LogP contribution in [-0.4, -0.2) is 31.5 Å². The molecule has 1 aliphatic heterocycles. The van der Waals surface area contributed by atoms with Crippen LogP contribution in [-0.2, 0) is 15.9 Å². The van der Waals surface area contributed by atoms with Gasteiger partial charge >= 0.3 is 0 Å². The van der Waals surface area contributed by atoms with Gasteiger partial charge in [-0.2, -0.15) is 0 Å². The molecule has 0 spiro atoms. The van der Waals surface area contributed by atoms with Crippen LogP contribution in [0.15, 0.2) is 18.2 Å². The van der Waals surface area contributed by atoms with E-state index in [0.717, 1.165) is 18.4 Å². The molecule has 0 bridgehead atoms. The summed E-state index contributed by atoms with van der Waals surface area (Å²) >= 11 is 12.3. The molecule has 1 heterocycles. The Morgan fingerprint density at radius 1 is 1.38 bits per heavy atom. The highest BCUT2D eigenvalue weighted by Gasteiger charge is 2.41. The Hall–Kier alpha value is -0.360. The van der Waals surface area contributed by atoms with Gasteiger partial charge < -0.3 is 9.47 Å². The molecule has 1 fully saturated rings. The quantitative estimate of drug-likeness (QED) is 0.621. The fourth-order valence-electron chi connectivity index (χ4n) is 2.91. The van der Waals surface area contributed by atoms with E-state index in [2.05, 4.69) is 5.43 Å². The van der Waals surface area contributed by atoms with Crippen LogP contribution in [0.5, 0.6) is 0 Å². The molecule has 0 radical (unpaired) electrons. The molecular weight excluding hydrogens is 311 g/mol. The first-order chi connectivity index (χ1) is 10.1. The Morgan fingerprint density at radius 2 is 2.10 bits per heavy atom. The van der Waals surface area contributed by atoms with Crippen molar-refractivity contribution < 1.29 is 9.47 Å². The highest BCUT2D eigenvalue weighted by Crippen LogP contribution is 2.32. The Labute approximate surface area is 135 Å². The van der Waals surface area contributed by atoms with Crippen LogP contribution in [0.2, 0.25) is 10.0 Å². The molecule has 1 saturated heterocycles. The zero-order valence-corrected chi connectivity index (χ0v) is 13.7. The molecule has 1 atom stereocenters. The monoisotopic (exact) mass is 332 g/mol. The SMILES string of the molecule is CCOC1(C(Cc2cc(Cl)ccc2Cl)NN)CCOCC1. The van der Waals surface area contributed by atoms with E-state index in [1.165, 1.54) is 0 Å². The van der Waals surface area contributed by atoms with Crippen molar-refractivity contribution in [3.8, 4) is 0 Å². The Kier molecular flexibility index (Phi) is 6.29. The second kappa shape index (κ2) is 7.77. The van der Waals surface area contributed by atoms with Crippen molar-refractivity contribution in [3.63, 3.8) is 0 Å².